The molecule has 2 aliphatic rings. The second-order valence-electron chi connectivity index (χ2n) is 6.65. The molecule has 3 rings (SSSR count). The van der Waals surface area contributed by atoms with Crippen molar-refractivity contribution < 1.29 is 4.79 Å². The van der Waals surface area contributed by atoms with Crippen LogP contribution >= 0.6 is 0 Å². The molecule has 1 atom stereocenters. The van der Waals surface area contributed by atoms with E-state index in [0.29, 0.717) is 6.54 Å². The zero-order valence-corrected chi connectivity index (χ0v) is 12.3. The van der Waals surface area contributed by atoms with Crippen molar-refractivity contribution in [2.75, 3.05) is 30.3 Å². The molecule has 4 heteroatoms. The van der Waals surface area contributed by atoms with Crippen molar-refractivity contribution in [1.29, 1.82) is 0 Å². The first-order valence-electron chi connectivity index (χ1n) is 7.43. The van der Waals surface area contributed by atoms with Crippen LogP contribution < -0.4 is 10.6 Å². The summed E-state index contributed by atoms with van der Waals surface area (Å²) in [7, 11) is 0. The van der Waals surface area contributed by atoms with E-state index in [0.717, 1.165) is 30.9 Å². The first kappa shape index (κ1) is 13.3. The number of benzene rings is 1. The molecule has 0 aromatic heterocycles. The zero-order chi connectivity index (χ0) is 14.2. The van der Waals surface area contributed by atoms with Gasteiger partial charge < -0.3 is 15.5 Å². The maximum Gasteiger partial charge on any atom is 0.246 e. The summed E-state index contributed by atoms with van der Waals surface area (Å²) >= 11 is 0. The van der Waals surface area contributed by atoms with Crippen molar-refractivity contribution in [3.05, 3.63) is 24.3 Å². The van der Waals surface area contributed by atoms with Gasteiger partial charge in [-0.3, -0.25) is 4.79 Å². The summed E-state index contributed by atoms with van der Waals surface area (Å²) in [6, 6.07) is 7.89. The number of amides is 1. The quantitative estimate of drug-likeness (QED) is 0.826. The minimum absolute atomic E-state index is 0.154. The summed E-state index contributed by atoms with van der Waals surface area (Å²) in [6.07, 6.45) is 2.31. The fraction of sp³-hybridized carbons (Fsp3) is 0.562. The first-order valence-corrected chi connectivity index (χ1v) is 7.43. The molecular weight excluding hydrogens is 250 g/mol. The van der Waals surface area contributed by atoms with Gasteiger partial charge in [0.1, 0.15) is 6.04 Å². The molecular formula is C16H23N3O. The van der Waals surface area contributed by atoms with Crippen LogP contribution in [0.25, 0.3) is 0 Å². The van der Waals surface area contributed by atoms with E-state index in [-0.39, 0.29) is 17.4 Å². The van der Waals surface area contributed by atoms with Gasteiger partial charge in [0.25, 0.3) is 0 Å². The predicted molar refractivity (Wildman–Crippen MR) is 81.9 cm³/mol. The molecule has 0 spiro atoms. The van der Waals surface area contributed by atoms with Crippen molar-refractivity contribution >= 4 is 17.3 Å². The molecule has 1 unspecified atom stereocenters. The lowest BCUT2D eigenvalue weighted by Crippen LogP contribution is -2.52. The van der Waals surface area contributed by atoms with Crippen LogP contribution in [0, 0.1) is 5.41 Å². The Bertz CT molecular complexity index is 512. The van der Waals surface area contributed by atoms with Crippen LogP contribution in [0.2, 0.25) is 0 Å². The summed E-state index contributed by atoms with van der Waals surface area (Å²) in [6.45, 7) is 6.91. The van der Waals surface area contributed by atoms with E-state index in [4.69, 9.17) is 0 Å². The van der Waals surface area contributed by atoms with Gasteiger partial charge in [-0.15, -0.1) is 0 Å². The Balaban J connectivity index is 1.70. The van der Waals surface area contributed by atoms with Crippen molar-refractivity contribution in [3.8, 4) is 0 Å². The number of nitrogens with one attached hydrogen (secondary N) is 2. The molecule has 1 saturated heterocycles. The van der Waals surface area contributed by atoms with Gasteiger partial charge in [0.2, 0.25) is 5.91 Å². The lowest BCUT2D eigenvalue weighted by Gasteiger charge is -2.40. The molecule has 0 saturated carbocycles. The fourth-order valence-corrected chi connectivity index (χ4v) is 3.19. The largest absolute Gasteiger partial charge is 0.381 e. The summed E-state index contributed by atoms with van der Waals surface area (Å²) in [5, 5.41) is 6.71. The minimum atomic E-state index is -0.154. The van der Waals surface area contributed by atoms with E-state index >= 15 is 0 Å². The molecule has 1 aromatic carbocycles. The summed E-state index contributed by atoms with van der Waals surface area (Å²) < 4.78 is 0. The van der Waals surface area contributed by atoms with Crippen LogP contribution in [-0.2, 0) is 4.79 Å². The monoisotopic (exact) mass is 273 g/mol. The van der Waals surface area contributed by atoms with Crippen molar-refractivity contribution in [2.24, 2.45) is 5.41 Å². The highest BCUT2D eigenvalue weighted by Gasteiger charge is 2.33. The lowest BCUT2D eigenvalue weighted by molar-refractivity contribution is -0.134. The molecule has 2 N–H and O–H groups in total. The molecule has 20 heavy (non-hydrogen) atoms. The van der Waals surface area contributed by atoms with Gasteiger partial charge in [-0.1, -0.05) is 26.0 Å². The van der Waals surface area contributed by atoms with E-state index in [9.17, 15) is 4.79 Å². The second kappa shape index (κ2) is 5.00. The van der Waals surface area contributed by atoms with Crippen LogP contribution in [0.3, 0.4) is 0 Å². The topological polar surface area (TPSA) is 44.4 Å². The summed E-state index contributed by atoms with van der Waals surface area (Å²) in [4.78, 5) is 14.7. The van der Waals surface area contributed by atoms with E-state index < -0.39 is 0 Å². The van der Waals surface area contributed by atoms with Gasteiger partial charge in [0.05, 0.1) is 11.4 Å². The SMILES string of the molecule is CC1(C)CCCN(C(=O)C2CNc3ccccc3N2)C1. The Hall–Kier alpha value is -1.71. The van der Waals surface area contributed by atoms with Crippen LogP contribution in [0.5, 0.6) is 0 Å². The zero-order valence-electron chi connectivity index (χ0n) is 12.3. The van der Waals surface area contributed by atoms with Crippen molar-refractivity contribution in [2.45, 2.75) is 32.7 Å². The Morgan fingerprint density at radius 2 is 2.05 bits per heavy atom. The lowest BCUT2D eigenvalue weighted by atomic mass is 9.84. The fourth-order valence-electron chi connectivity index (χ4n) is 3.19. The standard InChI is InChI=1S/C16H23N3O/c1-16(2)8-5-9-19(11-16)15(20)14-10-17-12-6-3-4-7-13(12)18-14/h3-4,6-7,14,17-18H,5,8-11H2,1-2H3. The Kier molecular flexibility index (Phi) is 3.32. The number of carbonyl (C=O) groups is 1. The first-order chi connectivity index (χ1) is 9.55. The number of likely N-dealkylation sites (tertiary alicyclic amines) is 1. The average Bonchev–Trinajstić information content (AvgIpc) is 2.45. The van der Waals surface area contributed by atoms with Crippen LogP contribution in [0.1, 0.15) is 26.7 Å². The van der Waals surface area contributed by atoms with E-state index in [1.54, 1.807) is 0 Å². The van der Waals surface area contributed by atoms with Crippen LogP contribution in [0.4, 0.5) is 11.4 Å². The third-order valence-corrected chi connectivity index (χ3v) is 4.26. The van der Waals surface area contributed by atoms with E-state index in [1.165, 1.54) is 6.42 Å². The predicted octanol–water partition coefficient (Wildman–Crippen LogP) is 2.54. The highest BCUT2D eigenvalue weighted by molar-refractivity contribution is 5.88. The minimum Gasteiger partial charge on any atom is -0.381 e. The second-order valence-corrected chi connectivity index (χ2v) is 6.65. The van der Waals surface area contributed by atoms with Crippen LogP contribution in [-0.4, -0.2) is 36.5 Å². The highest BCUT2D eigenvalue weighted by Crippen LogP contribution is 2.30. The van der Waals surface area contributed by atoms with Crippen molar-refractivity contribution in [3.63, 3.8) is 0 Å². The van der Waals surface area contributed by atoms with Gasteiger partial charge in [-0.25, -0.2) is 0 Å². The van der Waals surface area contributed by atoms with E-state index in [2.05, 4.69) is 24.5 Å². The third-order valence-electron chi connectivity index (χ3n) is 4.26. The number of rotatable bonds is 1. The van der Waals surface area contributed by atoms with Crippen LogP contribution in [0.15, 0.2) is 24.3 Å². The highest BCUT2D eigenvalue weighted by atomic mass is 16.2. The number of hydrogen-bond acceptors (Lipinski definition) is 3. The smallest absolute Gasteiger partial charge is 0.246 e. The number of nitrogens with zero attached hydrogens (tertiary/aromatic N) is 1. The normalized spacial score (nSPS) is 24.3. The molecule has 4 nitrogen and oxygen atoms in total. The summed E-state index contributed by atoms with van der Waals surface area (Å²) in [5.41, 5.74) is 2.34. The maximum atomic E-state index is 12.7. The number of fused-ring (bicyclic) bond motifs is 1. The Labute approximate surface area is 120 Å². The molecule has 0 aliphatic carbocycles. The van der Waals surface area contributed by atoms with Gasteiger partial charge in [-0.2, -0.15) is 0 Å². The third kappa shape index (κ3) is 2.60. The van der Waals surface area contributed by atoms with E-state index in [1.807, 2.05) is 29.2 Å². The molecule has 2 aliphatic heterocycles. The van der Waals surface area contributed by atoms with Gasteiger partial charge >= 0.3 is 0 Å². The number of hydrogen-bond donors (Lipinski definition) is 2. The molecule has 0 bridgehead atoms. The van der Waals surface area contributed by atoms with Gasteiger partial charge in [-0.05, 0) is 30.4 Å². The molecule has 2 heterocycles. The summed E-state index contributed by atoms with van der Waals surface area (Å²) in [5.74, 6) is 0.222. The van der Waals surface area contributed by atoms with Gasteiger partial charge in [0, 0.05) is 19.6 Å². The number of piperidine rings is 1. The molecule has 1 aromatic rings. The maximum absolute atomic E-state index is 12.7. The number of carbonyl (C=O) groups excluding carboxylic acids is 1. The Morgan fingerprint density at radius 3 is 2.80 bits per heavy atom. The van der Waals surface area contributed by atoms with Gasteiger partial charge in [0.15, 0.2) is 0 Å². The molecule has 1 fully saturated rings. The average molecular weight is 273 g/mol. The number of anilines is 2. The molecule has 0 radical (unpaired) electrons. The van der Waals surface area contributed by atoms with Crippen molar-refractivity contribution in [1.82, 2.24) is 4.90 Å². The number of para-hydroxylation sites is 2. The Morgan fingerprint density at radius 1 is 1.30 bits per heavy atom. The molecule has 108 valence electrons. The molecule has 1 amide bonds.